The molecule has 2 aliphatic heterocycles. The summed E-state index contributed by atoms with van der Waals surface area (Å²) in [5.74, 6) is 0.142. The second-order valence-corrected chi connectivity index (χ2v) is 9.32. The van der Waals surface area contributed by atoms with Gasteiger partial charge in [0.05, 0.1) is 13.2 Å². The SMILES string of the molecule is COC(=O)N1CCN(Cc2ccc3c(c2)CNC3)CC1C1c2ccccc2-c2ccccc21. The number of rotatable bonds is 3. The van der Waals surface area contributed by atoms with Gasteiger partial charge in [0.25, 0.3) is 0 Å². The van der Waals surface area contributed by atoms with Crippen molar-refractivity contribution in [1.82, 2.24) is 15.1 Å². The summed E-state index contributed by atoms with van der Waals surface area (Å²) in [6.45, 7) is 5.15. The number of benzene rings is 3. The molecule has 6 rings (SSSR count). The van der Waals surface area contributed by atoms with E-state index < -0.39 is 0 Å². The van der Waals surface area contributed by atoms with Crippen LogP contribution in [0.1, 0.15) is 33.7 Å². The maximum Gasteiger partial charge on any atom is 0.409 e. The molecule has 0 saturated carbocycles. The van der Waals surface area contributed by atoms with Crippen molar-refractivity contribution in [3.8, 4) is 11.1 Å². The first-order valence-corrected chi connectivity index (χ1v) is 11.8. The third kappa shape index (κ3) is 3.52. The fraction of sp³-hybridized carbons (Fsp3) is 0.321. The van der Waals surface area contributed by atoms with E-state index in [0.29, 0.717) is 6.54 Å². The van der Waals surface area contributed by atoms with E-state index in [1.54, 1.807) is 0 Å². The summed E-state index contributed by atoms with van der Waals surface area (Å²) in [7, 11) is 1.49. The molecule has 1 amide bonds. The second-order valence-electron chi connectivity index (χ2n) is 9.32. The van der Waals surface area contributed by atoms with Gasteiger partial charge >= 0.3 is 6.09 Å². The average Bonchev–Trinajstić information content (AvgIpc) is 3.45. The molecule has 3 aromatic rings. The molecular formula is C28H29N3O2. The van der Waals surface area contributed by atoms with Crippen molar-refractivity contribution in [3.63, 3.8) is 0 Å². The van der Waals surface area contributed by atoms with Crippen LogP contribution in [0.15, 0.2) is 66.7 Å². The molecule has 1 aliphatic carbocycles. The largest absolute Gasteiger partial charge is 0.453 e. The van der Waals surface area contributed by atoms with E-state index in [9.17, 15) is 4.79 Å². The molecule has 1 saturated heterocycles. The molecule has 168 valence electrons. The van der Waals surface area contributed by atoms with E-state index in [-0.39, 0.29) is 18.1 Å². The lowest BCUT2D eigenvalue weighted by atomic mass is 9.87. The lowest BCUT2D eigenvalue weighted by Gasteiger charge is -2.43. The number of methoxy groups -OCH3 is 1. The van der Waals surface area contributed by atoms with Crippen LogP contribution >= 0.6 is 0 Å². The van der Waals surface area contributed by atoms with E-state index in [1.807, 2.05) is 4.90 Å². The minimum Gasteiger partial charge on any atom is -0.453 e. The van der Waals surface area contributed by atoms with E-state index >= 15 is 0 Å². The van der Waals surface area contributed by atoms with E-state index in [1.165, 1.54) is 46.1 Å². The molecule has 1 N–H and O–H groups in total. The van der Waals surface area contributed by atoms with E-state index in [2.05, 4.69) is 76.9 Å². The summed E-state index contributed by atoms with van der Waals surface area (Å²) in [6, 6.07) is 24.2. The zero-order valence-electron chi connectivity index (χ0n) is 19.0. The first-order valence-electron chi connectivity index (χ1n) is 11.8. The topological polar surface area (TPSA) is 44.8 Å². The summed E-state index contributed by atoms with van der Waals surface area (Å²) in [5.41, 5.74) is 9.35. The Labute approximate surface area is 195 Å². The molecule has 0 spiro atoms. The van der Waals surface area contributed by atoms with Gasteiger partial charge in [0.2, 0.25) is 0 Å². The number of carbonyl (C=O) groups excluding carboxylic acids is 1. The summed E-state index contributed by atoms with van der Waals surface area (Å²) < 4.78 is 5.22. The first-order chi connectivity index (χ1) is 16.2. The minimum absolute atomic E-state index is 0.0205. The van der Waals surface area contributed by atoms with Crippen LogP contribution in [0.2, 0.25) is 0 Å². The zero-order chi connectivity index (χ0) is 22.4. The van der Waals surface area contributed by atoms with Crippen LogP contribution < -0.4 is 5.32 Å². The number of hydrogen-bond donors (Lipinski definition) is 1. The van der Waals surface area contributed by atoms with Crippen molar-refractivity contribution < 1.29 is 9.53 Å². The maximum absolute atomic E-state index is 12.8. The van der Waals surface area contributed by atoms with Gasteiger partial charge in [-0.1, -0.05) is 66.7 Å². The van der Waals surface area contributed by atoms with Crippen LogP contribution in [-0.4, -0.2) is 48.7 Å². The highest BCUT2D eigenvalue weighted by atomic mass is 16.5. The highest BCUT2D eigenvalue weighted by Gasteiger charge is 2.42. The molecule has 1 atom stereocenters. The smallest absolute Gasteiger partial charge is 0.409 e. The first kappa shape index (κ1) is 20.5. The van der Waals surface area contributed by atoms with Crippen LogP contribution in [0.4, 0.5) is 4.79 Å². The lowest BCUT2D eigenvalue weighted by molar-refractivity contribution is 0.0491. The maximum atomic E-state index is 12.8. The van der Waals surface area contributed by atoms with Gasteiger partial charge in [-0.05, 0) is 38.9 Å². The Balaban J connectivity index is 1.34. The van der Waals surface area contributed by atoms with Crippen molar-refractivity contribution in [2.75, 3.05) is 26.7 Å². The number of piperazine rings is 1. The molecule has 5 heteroatoms. The fourth-order valence-electron chi connectivity index (χ4n) is 5.96. The number of fused-ring (bicyclic) bond motifs is 4. The Morgan fingerprint density at radius 1 is 0.939 bits per heavy atom. The van der Waals surface area contributed by atoms with Crippen LogP contribution in [0.3, 0.4) is 0 Å². The molecule has 0 bridgehead atoms. The third-order valence-electron chi connectivity index (χ3n) is 7.49. The fourth-order valence-corrected chi connectivity index (χ4v) is 5.96. The number of amides is 1. The van der Waals surface area contributed by atoms with Crippen LogP contribution in [0, 0.1) is 0 Å². The molecular weight excluding hydrogens is 410 g/mol. The highest BCUT2D eigenvalue weighted by Crippen LogP contribution is 2.47. The number of hydrogen-bond acceptors (Lipinski definition) is 4. The third-order valence-corrected chi connectivity index (χ3v) is 7.49. The Kier molecular flexibility index (Phi) is 5.16. The lowest BCUT2D eigenvalue weighted by Crippen LogP contribution is -2.57. The zero-order valence-corrected chi connectivity index (χ0v) is 19.0. The standard InChI is InChI=1S/C28H29N3O2/c1-33-28(32)31-13-12-30(17-19-10-11-20-15-29-16-21(20)14-19)18-26(31)27-24-8-4-2-6-22(24)23-7-3-5-9-25(23)27/h2-11,14,26-27,29H,12-13,15-18H2,1H3. The number of nitrogens with zero attached hydrogens (tertiary/aromatic N) is 2. The number of nitrogens with one attached hydrogen (secondary N) is 1. The Hall–Kier alpha value is -3.15. The molecule has 3 aromatic carbocycles. The van der Waals surface area contributed by atoms with Crippen LogP contribution in [0.5, 0.6) is 0 Å². The van der Waals surface area contributed by atoms with Crippen molar-refractivity contribution in [2.24, 2.45) is 0 Å². The van der Waals surface area contributed by atoms with Gasteiger partial charge in [-0.2, -0.15) is 0 Å². The summed E-state index contributed by atoms with van der Waals surface area (Å²) in [5, 5.41) is 3.43. The van der Waals surface area contributed by atoms with Gasteiger partial charge in [-0.25, -0.2) is 4.79 Å². The molecule has 5 nitrogen and oxygen atoms in total. The predicted octanol–water partition coefficient (Wildman–Crippen LogP) is 4.35. The molecule has 0 aromatic heterocycles. The summed E-state index contributed by atoms with van der Waals surface area (Å²) >= 11 is 0. The van der Waals surface area contributed by atoms with Crippen molar-refractivity contribution in [1.29, 1.82) is 0 Å². The van der Waals surface area contributed by atoms with Crippen LogP contribution in [-0.2, 0) is 24.4 Å². The molecule has 3 aliphatic rings. The Morgan fingerprint density at radius 2 is 1.64 bits per heavy atom. The van der Waals surface area contributed by atoms with Gasteiger partial charge in [-0.15, -0.1) is 0 Å². The van der Waals surface area contributed by atoms with Gasteiger partial charge in [-0.3, -0.25) is 4.90 Å². The molecule has 1 fully saturated rings. The molecule has 1 unspecified atom stereocenters. The van der Waals surface area contributed by atoms with Gasteiger partial charge in [0.15, 0.2) is 0 Å². The van der Waals surface area contributed by atoms with Crippen molar-refractivity contribution in [3.05, 3.63) is 94.5 Å². The number of ether oxygens (including phenoxy) is 1. The highest BCUT2D eigenvalue weighted by molar-refractivity contribution is 5.80. The average molecular weight is 440 g/mol. The van der Waals surface area contributed by atoms with Gasteiger partial charge in [0, 0.05) is 45.2 Å². The second kappa shape index (κ2) is 8.32. The Bertz CT molecular complexity index is 1160. The van der Waals surface area contributed by atoms with E-state index in [4.69, 9.17) is 4.74 Å². The number of carbonyl (C=O) groups is 1. The van der Waals surface area contributed by atoms with E-state index in [0.717, 1.165) is 32.7 Å². The minimum atomic E-state index is -0.231. The van der Waals surface area contributed by atoms with Crippen molar-refractivity contribution in [2.45, 2.75) is 31.6 Å². The molecule has 33 heavy (non-hydrogen) atoms. The quantitative estimate of drug-likeness (QED) is 0.659. The van der Waals surface area contributed by atoms with Gasteiger partial charge in [0.1, 0.15) is 0 Å². The normalized spacial score (nSPS) is 19.8. The Morgan fingerprint density at radius 3 is 2.36 bits per heavy atom. The predicted molar refractivity (Wildman–Crippen MR) is 129 cm³/mol. The van der Waals surface area contributed by atoms with Crippen LogP contribution in [0.25, 0.3) is 11.1 Å². The van der Waals surface area contributed by atoms with Crippen molar-refractivity contribution >= 4 is 6.09 Å². The molecule has 2 heterocycles. The monoisotopic (exact) mass is 439 g/mol. The summed E-state index contributed by atoms with van der Waals surface area (Å²) in [4.78, 5) is 17.3. The molecule has 0 radical (unpaired) electrons. The van der Waals surface area contributed by atoms with Gasteiger partial charge < -0.3 is 15.0 Å². The summed E-state index contributed by atoms with van der Waals surface area (Å²) in [6.07, 6.45) is -0.231.